The molecule has 11 nitrogen and oxygen atoms in total. The highest BCUT2D eigenvalue weighted by Crippen LogP contribution is 2.35. The van der Waals surface area contributed by atoms with Gasteiger partial charge in [-0.2, -0.15) is 0 Å². The molecule has 0 radical (unpaired) electrons. The van der Waals surface area contributed by atoms with E-state index in [-0.39, 0.29) is 43.0 Å². The number of aliphatic hydroxyl groups is 1. The minimum Gasteiger partial charge on any atom is -0.391 e. The lowest BCUT2D eigenvalue weighted by molar-refractivity contribution is -0.141. The van der Waals surface area contributed by atoms with Crippen molar-refractivity contribution in [2.24, 2.45) is 11.8 Å². The van der Waals surface area contributed by atoms with Crippen LogP contribution in [-0.2, 0) is 19.1 Å². The van der Waals surface area contributed by atoms with Gasteiger partial charge in [-0.15, -0.1) is 11.3 Å². The lowest BCUT2D eigenvalue weighted by atomic mass is 9.91. The van der Waals surface area contributed by atoms with E-state index < -0.39 is 18.1 Å². The number of aromatic nitrogens is 2. The van der Waals surface area contributed by atoms with Gasteiger partial charge in [-0.1, -0.05) is 43.3 Å². The number of carbonyl (C=O) groups is 2. The smallest absolute Gasteiger partial charge is 0.243 e. The Labute approximate surface area is 267 Å². The number of hydrogen-bond acceptors (Lipinski definition) is 10. The van der Waals surface area contributed by atoms with Crippen LogP contribution in [0.4, 0.5) is 5.82 Å². The highest BCUT2D eigenvalue weighted by molar-refractivity contribution is 7.13. The van der Waals surface area contributed by atoms with Crippen molar-refractivity contribution in [3.8, 4) is 10.4 Å². The molecular formula is C33H43N5O6S. The molecule has 0 bridgehead atoms. The molecule has 4 atom stereocenters. The van der Waals surface area contributed by atoms with Crippen molar-refractivity contribution >= 4 is 29.0 Å². The van der Waals surface area contributed by atoms with Gasteiger partial charge in [0.25, 0.3) is 0 Å². The van der Waals surface area contributed by atoms with Gasteiger partial charge >= 0.3 is 0 Å². The van der Waals surface area contributed by atoms with Crippen LogP contribution in [0.15, 0.2) is 40.4 Å². The maximum absolute atomic E-state index is 14.1. The Hall–Kier alpha value is -3.32. The molecule has 0 aliphatic carbocycles. The summed E-state index contributed by atoms with van der Waals surface area (Å²) in [7, 11) is 0. The number of hydrogen-bond donors (Lipinski definition) is 2. The average Bonchev–Trinajstić information content (AvgIpc) is 3.85. The lowest BCUT2D eigenvalue weighted by Crippen LogP contribution is -2.48. The van der Waals surface area contributed by atoms with Crippen molar-refractivity contribution in [2.75, 3.05) is 37.7 Å². The Bertz CT molecular complexity index is 1460. The second-order valence-electron chi connectivity index (χ2n) is 12.8. The van der Waals surface area contributed by atoms with Crippen LogP contribution in [-0.4, -0.2) is 83.2 Å². The van der Waals surface area contributed by atoms with Crippen molar-refractivity contribution in [3.63, 3.8) is 0 Å². The number of benzene rings is 1. The average molecular weight is 638 g/mol. The number of aliphatic hydroxyl groups excluding tert-OH is 1. The molecule has 2 N–H and O–H groups in total. The molecule has 3 fully saturated rings. The fraction of sp³-hybridized carbons (Fsp3) is 0.576. The Kier molecular flexibility index (Phi) is 9.55. The van der Waals surface area contributed by atoms with Gasteiger partial charge in [0.2, 0.25) is 11.8 Å². The number of piperidine rings is 1. The number of nitrogens with zero attached hydrogens (tertiary/aromatic N) is 4. The topological polar surface area (TPSA) is 130 Å². The molecule has 242 valence electrons. The zero-order valence-electron chi connectivity index (χ0n) is 26.3. The number of thiazole rings is 1. The zero-order chi connectivity index (χ0) is 31.7. The molecule has 3 aromatic rings. The van der Waals surface area contributed by atoms with Crippen LogP contribution >= 0.6 is 11.3 Å². The van der Waals surface area contributed by atoms with E-state index in [1.54, 1.807) is 11.3 Å². The molecule has 5 heterocycles. The van der Waals surface area contributed by atoms with Crippen molar-refractivity contribution in [3.05, 3.63) is 52.9 Å². The number of β-amino-alcohol motifs (C(OH)–C–C–N with tert-alkyl or cyclic N) is 1. The van der Waals surface area contributed by atoms with E-state index in [2.05, 4.69) is 20.4 Å². The van der Waals surface area contributed by atoms with Gasteiger partial charge in [0.15, 0.2) is 17.9 Å². The summed E-state index contributed by atoms with van der Waals surface area (Å²) in [6, 6.07) is 8.86. The number of carbonyl (C=O) groups excluding carboxylic acids is 2. The minimum atomic E-state index is -0.783. The third-order valence-electron chi connectivity index (χ3n) is 9.29. The molecule has 3 saturated heterocycles. The summed E-state index contributed by atoms with van der Waals surface area (Å²) in [5.74, 6) is 0.270. The predicted molar refractivity (Wildman–Crippen MR) is 170 cm³/mol. The van der Waals surface area contributed by atoms with Gasteiger partial charge in [0.05, 0.1) is 41.4 Å². The van der Waals surface area contributed by atoms with Crippen LogP contribution in [0.2, 0.25) is 0 Å². The van der Waals surface area contributed by atoms with Crippen LogP contribution in [0.3, 0.4) is 0 Å². The first-order valence-corrected chi connectivity index (χ1v) is 16.8. The van der Waals surface area contributed by atoms with E-state index in [4.69, 9.17) is 14.0 Å². The first kappa shape index (κ1) is 31.7. The van der Waals surface area contributed by atoms with E-state index >= 15 is 0 Å². The molecule has 0 spiro atoms. The van der Waals surface area contributed by atoms with Gasteiger partial charge < -0.3 is 34.2 Å². The number of aryl methyl sites for hydroxylation is 1. The molecule has 0 unspecified atom stereocenters. The molecule has 2 aromatic heterocycles. The van der Waals surface area contributed by atoms with E-state index in [9.17, 15) is 14.7 Å². The third-order valence-corrected chi connectivity index (χ3v) is 10.3. The molecule has 0 saturated carbocycles. The number of nitrogens with one attached hydrogen (secondary N) is 1. The molecule has 45 heavy (non-hydrogen) atoms. The van der Waals surface area contributed by atoms with Crippen molar-refractivity contribution < 1.29 is 28.7 Å². The monoisotopic (exact) mass is 637 g/mol. The first-order valence-electron chi connectivity index (χ1n) is 15.9. The third kappa shape index (κ3) is 6.79. The Balaban J connectivity index is 1.10. The van der Waals surface area contributed by atoms with Crippen LogP contribution in [0.1, 0.15) is 69.0 Å². The fourth-order valence-corrected chi connectivity index (χ4v) is 7.55. The van der Waals surface area contributed by atoms with Gasteiger partial charge in [-0.25, -0.2) is 4.98 Å². The zero-order valence-corrected chi connectivity index (χ0v) is 27.2. The number of likely N-dealkylation sites (tertiary alicyclic amines) is 1. The van der Waals surface area contributed by atoms with E-state index in [0.717, 1.165) is 47.6 Å². The second kappa shape index (κ2) is 13.6. The Morgan fingerprint density at radius 1 is 1.09 bits per heavy atom. The van der Waals surface area contributed by atoms with Gasteiger partial charge in [-0.05, 0) is 43.7 Å². The van der Waals surface area contributed by atoms with E-state index in [0.29, 0.717) is 30.7 Å². The molecule has 6 rings (SSSR count). The Morgan fingerprint density at radius 2 is 1.80 bits per heavy atom. The lowest BCUT2D eigenvalue weighted by Gasteiger charge is -2.33. The second-order valence-corrected chi connectivity index (χ2v) is 13.6. The number of amides is 2. The quantitative estimate of drug-likeness (QED) is 0.353. The largest absolute Gasteiger partial charge is 0.391 e. The highest BCUT2D eigenvalue weighted by atomic mass is 32.1. The predicted octanol–water partition coefficient (Wildman–Crippen LogP) is 4.27. The summed E-state index contributed by atoms with van der Waals surface area (Å²) in [4.78, 5) is 36.8. The molecule has 3 aliphatic rings. The maximum Gasteiger partial charge on any atom is 0.243 e. The van der Waals surface area contributed by atoms with E-state index in [1.165, 1.54) is 4.90 Å². The summed E-state index contributed by atoms with van der Waals surface area (Å²) >= 11 is 1.60. The standard InChI is InChI=1S/C33H43N5O6S/c1-19(2)29(27-16-28(36-44-27)37-11-9-24(10-12-37)33-42-13-14-43-33)32(41)38-17-25(39)15-26(38)31(40)35-20(3)22-5-7-23(8-6-22)30-21(4)34-18-45-30/h5-8,16,18-20,24-26,29,33,39H,9-15,17H2,1-4H3,(H,35,40)/t20-,25+,26-,29+/m0/s1. The van der Waals surface area contributed by atoms with Gasteiger partial charge in [0, 0.05) is 38.0 Å². The summed E-state index contributed by atoms with van der Waals surface area (Å²) in [5, 5.41) is 18.0. The minimum absolute atomic E-state index is 0.0945. The first-order chi connectivity index (χ1) is 21.7. The van der Waals surface area contributed by atoms with Crippen molar-refractivity contribution in [1.29, 1.82) is 0 Å². The Morgan fingerprint density at radius 3 is 2.44 bits per heavy atom. The summed E-state index contributed by atoms with van der Waals surface area (Å²) in [6.45, 7) is 10.8. The van der Waals surface area contributed by atoms with Crippen LogP contribution in [0.5, 0.6) is 0 Å². The normalized spacial score (nSPS) is 22.7. The summed E-state index contributed by atoms with van der Waals surface area (Å²) < 4.78 is 17.2. The van der Waals surface area contributed by atoms with Crippen LogP contribution < -0.4 is 10.2 Å². The maximum atomic E-state index is 14.1. The fourth-order valence-electron chi connectivity index (χ4n) is 6.74. The van der Waals surface area contributed by atoms with Gasteiger partial charge in [0.1, 0.15) is 12.0 Å². The van der Waals surface area contributed by atoms with E-state index in [1.807, 2.05) is 63.5 Å². The number of ether oxygens (including phenoxy) is 2. The number of rotatable bonds is 9. The molecule has 3 aliphatic heterocycles. The summed E-state index contributed by atoms with van der Waals surface area (Å²) in [5.41, 5.74) is 4.86. The molecule has 12 heteroatoms. The van der Waals surface area contributed by atoms with Crippen LogP contribution in [0.25, 0.3) is 10.4 Å². The highest BCUT2D eigenvalue weighted by Gasteiger charge is 2.43. The van der Waals surface area contributed by atoms with Crippen molar-refractivity contribution in [1.82, 2.24) is 20.4 Å². The molecular weight excluding hydrogens is 594 g/mol. The van der Waals surface area contributed by atoms with Crippen molar-refractivity contribution in [2.45, 2.75) is 77.4 Å². The molecule has 1 aromatic carbocycles. The summed E-state index contributed by atoms with van der Waals surface area (Å²) in [6.07, 6.45) is 1.14. The SMILES string of the molecule is Cc1ncsc1-c1ccc([C@H](C)NC(=O)[C@@H]2C[C@@H](O)CN2C(=O)[C@@H](c2cc(N3CCC(C4OCCO4)CC3)no2)C(C)C)cc1. The molecule has 2 amide bonds. The number of anilines is 1. The van der Waals surface area contributed by atoms with Crippen LogP contribution in [0, 0.1) is 18.8 Å². The van der Waals surface area contributed by atoms with Gasteiger partial charge in [-0.3, -0.25) is 9.59 Å².